The SMILES string of the molecule is CN(C[C@H]1CCCO1)C(=O)CCc1ccc(=O)[nH]c1. The highest BCUT2D eigenvalue weighted by Crippen LogP contribution is 2.13. The normalized spacial score (nSPS) is 18.5. The minimum atomic E-state index is -0.120. The molecule has 19 heavy (non-hydrogen) atoms. The molecule has 1 aliphatic heterocycles. The van der Waals surface area contributed by atoms with Crippen LogP contribution < -0.4 is 5.56 Å². The van der Waals surface area contributed by atoms with Crippen LogP contribution in [0.5, 0.6) is 0 Å². The number of H-pyrrole nitrogens is 1. The Kier molecular flexibility index (Phi) is 4.74. The zero-order chi connectivity index (χ0) is 13.7. The molecule has 1 fully saturated rings. The van der Waals surface area contributed by atoms with E-state index in [2.05, 4.69) is 4.98 Å². The van der Waals surface area contributed by atoms with Crippen molar-refractivity contribution < 1.29 is 9.53 Å². The highest BCUT2D eigenvalue weighted by molar-refractivity contribution is 5.76. The lowest BCUT2D eigenvalue weighted by Gasteiger charge is -2.20. The van der Waals surface area contributed by atoms with Gasteiger partial charge >= 0.3 is 0 Å². The fraction of sp³-hybridized carbons (Fsp3) is 0.571. The van der Waals surface area contributed by atoms with E-state index >= 15 is 0 Å². The van der Waals surface area contributed by atoms with E-state index in [1.54, 1.807) is 17.2 Å². The fourth-order valence-corrected chi connectivity index (χ4v) is 2.24. The Labute approximate surface area is 112 Å². The molecule has 1 saturated heterocycles. The van der Waals surface area contributed by atoms with Gasteiger partial charge < -0.3 is 14.6 Å². The lowest BCUT2D eigenvalue weighted by atomic mass is 10.1. The molecule has 2 heterocycles. The third kappa shape index (κ3) is 4.21. The van der Waals surface area contributed by atoms with E-state index < -0.39 is 0 Å². The third-order valence-electron chi connectivity index (χ3n) is 3.40. The highest BCUT2D eigenvalue weighted by Gasteiger charge is 2.19. The van der Waals surface area contributed by atoms with Gasteiger partial charge in [0.25, 0.3) is 0 Å². The molecule has 0 aliphatic carbocycles. The molecule has 1 aliphatic rings. The number of carbonyl (C=O) groups excluding carboxylic acids is 1. The van der Waals surface area contributed by atoms with Crippen LogP contribution in [0, 0.1) is 0 Å². The summed E-state index contributed by atoms with van der Waals surface area (Å²) in [7, 11) is 1.82. The smallest absolute Gasteiger partial charge is 0.247 e. The average Bonchev–Trinajstić information content (AvgIpc) is 2.90. The van der Waals surface area contributed by atoms with E-state index in [1.165, 1.54) is 6.07 Å². The number of hydrogen-bond donors (Lipinski definition) is 1. The Balaban J connectivity index is 1.76. The van der Waals surface area contributed by atoms with Crippen LogP contribution in [0.2, 0.25) is 0 Å². The Hall–Kier alpha value is -1.62. The number of nitrogens with zero attached hydrogens (tertiary/aromatic N) is 1. The van der Waals surface area contributed by atoms with Crippen LogP contribution in [0.15, 0.2) is 23.1 Å². The van der Waals surface area contributed by atoms with Gasteiger partial charge in [-0.1, -0.05) is 6.07 Å². The van der Waals surface area contributed by atoms with Gasteiger partial charge in [0.15, 0.2) is 0 Å². The van der Waals surface area contributed by atoms with Crippen molar-refractivity contribution in [2.45, 2.75) is 31.8 Å². The van der Waals surface area contributed by atoms with Gasteiger partial charge in [-0.2, -0.15) is 0 Å². The maximum absolute atomic E-state index is 12.0. The molecule has 1 amide bonds. The number of likely N-dealkylation sites (N-methyl/N-ethyl adjacent to an activating group) is 1. The number of nitrogens with one attached hydrogen (secondary N) is 1. The van der Waals surface area contributed by atoms with Crippen molar-refractivity contribution in [2.24, 2.45) is 0 Å². The van der Waals surface area contributed by atoms with Crippen LogP contribution in [-0.2, 0) is 16.0 Å². The molecule has 0 spiro atoms. The average molecular weight is 264 g/mol. The highest BCUT2D eigenvalue weighted by atomic mass is 16.5. The first-order chi connectivity index (χ1) is 9.15. The molecule has 2 rings (SSSR count). The van der Waals surface area contributed by atoms with Crippen LogP contribution >= 0.6 is 0 Å². The largest absolute Gasteiger partial charge is 0.376 e. The Morgan fingerprint density at radius 3 is 3.00 bits per heavy atom. The Bertz CT molecular complexity index is 457. The summed E-state index contributed by atoms with van der Waals surface area (Å²) in [6.45, 7) is 1.48. The summed E-state index contributed by atoms with van der Waals surface area (Å²) < 4.78 is 5.52. The predicted octanol–water partition coefficient (Wildman–Crippen LogP) is 0.945. The fourth-order valence-electron chi connectivity index (χ4n) is 2.24. The van der Waals surface area contributed by atoms with Crippen LogP contribution in [0.4, 0.5) is 0 Å². The van der Waals surface area contributed by atoms with Gasteiger partial charge in [0, 0.05) is 38.9 Å². The van der Waals surface area contributed by atoms with E-state index in [9.17, 15) is 9.59 Å². The molecule has 5 nitrogen and oxygen atoms in total. The third-order valence-corrected chi connectivity index (χ3v) is 3.40. The second-order valence-electron chi connectivity index (χ2n) is 4.97. The van der Waals surface area contributed by atoms with Crippen LogP contribution in [-0.4, -0.2) is 42.1 Å². The maximum atomic E-state index is 12.0. The number of carbonyl (C=O) groups is 1. The number of aryl methyl sites for hydroxylation is 1. The van der Waals surface area contributed by atoms with E-state index in [-0.39, 0.29) is 17.6 Å². The molecule has 104 valence electrons. The zero-order valence-corrected chi connectivity index (χ0v) is 11.2. The van der Waals surface area contributed by atoms with E-state index in [0.29, 0.717) is 19.4 Å². The van der Waals surface area contributed by atoms with Crippen LogP contribution in [0.3, 0.4) is 0 Å². The van der Waals surface area contributed by atoms with E-state index in [1.807, 2.05) is 7.05 Å². The second-order valence-corrected chi connectivity index (χ2v) is 4.97. The monoisotopic (exact) mass is 264 g/mol. The number of hydrogen-bond acceptors (Lipinski definition) is 3. The first-order valence-corrected chi connectivity index (χ1v) is 6.68. The molecule has 1 aromatic rings. The number of aromatic amines is 1. The molecule has 0 unspecified atom stereocenters. The van der Waals surface area contributed by atoms with Crippen molar-refractivity contribution in [3.8, 4) is 0 Å². The molecule has 5 heteroatoms. The van der Waals surface area contributed by atoms with Gasteiger partial charge in [-0.15, -0.1) is 0 Å². The zero-order valence-electron chi connectivity index (χ0n) is 11.2. The predicted molar refractivity (Wildman–Crippen MR) is 72.0 cm³/mol. The van der Waals surface area contributed by atoms with Crippen molar-refractivity contribution in [3.05, 3.63) is 34.2 Å². The molecule has 0 aromatic carbocycles. The van der Waals surface area contributed by atoms with Crippen molar-refractivity contribution in [1.29, 1.82) is 0 Å². The number of aromatic nitrogens is 1. The first-order valence-electron chi connectivity index (χ1n) is 6.68. The van der Waals surface area contributed by atoms with E-state index in [4.69, 9.17) is 4.74 Å². The molecule has 1 N–H and O–H groups in total. The van der Waals surface area contributed by atoms with Crippen molar-refractivity contribution in [3.63, 3.8) is 0 Å². The van der Waals surface area contributed by atoms with Crippen molar-refractivity contribution in [2.75, 3.05) is 20.2 Å². The lowest BCUT2D eigenvalue weighted by Crippen LogP contribution is -2.34. The minimum absolute atomic E-state index is 0.113. The van der Waals surface area contributed by atoms with Gasteiger partial charge in [0.05, 0.1) is 6.10 Å². The maximum Gasteiger partial charge on any atom is 0.247 e. The molecule has 0 bridgehead atoms. The van der Waals surface area contributed by atoms with Crippen molar-refractivity contribution in [1.82, 2.24) is 9.88 Å². The summed E-state index contributed by atoms with van der Waals surface area (Å²) in [6.07, 6.45) is 5.08. The topological polar surface area (TPSA) is 62.4 Å². The molecule has 1 atom stereocenters. The van der Waals surface area contributed by atoms with Gasteiger partial charge in [0.1, 0.15) is 0 Å². The summed E-state index contributed by atoms with van der Waals surface area (Å²) in [5.74, 6) is 0.113. The molecular weight excluding hydrogens is 244 g/mol. The Morgan fingerprint density at radius 2 is 2.37 bits per heavy atom. The number of rotatable bonds is 5. The van der Waals surface area contributed by atoms with Gasteiger partial charge in [-0.25, -0.2) is 0 Å². The van der Waals surface area contributed by atoms with E-state index in [0.717, 1.165) is 25.0 Å². The summed E-state index contributed by atoms with van der Waals surface area (Å²) in [5.41, 5.74) is 0.851. The molecular formula is C14H20N2O3. The first kappa shape index (κ1) is 13.8. The summed E-state index contributed by atoms with van der Waals surface area (Å²) in [6, 6.07) is 3.24. The molecule has 0 radical (unpaired) electrons. The molecule has 0 saturated carbocycles. The Morgan fingerprint density at radius 1 is 1.53 bits per heavy atom. The summed E-state index contributed by atoms with van der Waals surface area (Å²) in [5, 5.41) is 0. The number of amides is 1. The van der Waals surface area contributed by atoms with Gasteiger partial charge in [0.2, 0.25) is 11.5 Å². The number of ether oxygens (including phenoxy) is 1. The number of pyridine rings is 1. The van der Waals surface area contributed by atoms with Crippen molar-refractivity contribution >= 4 is 5.91 Å². The standard InChI is InChI=1S/C14H20N2O3/c1-16(10-12-3-2-8-19-12)14(18)7-5-11-4-6-13(17)15-9-11/h4,6,9,12H,2-3,5,7-8,10H2,1H3,(H,15,17)/t12-/m1/s1. The van der Waals surface area contributed by atoms with Crippen LogP contribution in [0.25, 0.3) is 0 Å². The quantitative estimate of drug-likeness (QED) is 0.861. The van der Waals surface area contributed by atoms with Gasteiger partial charge in [-0.3, -0.25) is 9.59 Å². The summed E-state index contributed by atoms with van der Waals surface area (Å²) >= 11 is 0. The van der Waals surface area contributed by atoms with Gasteiger partial charge in [-0.05, 0) is 24.8 Å². The lowest BCUT2D eigenvalue weighted by molar-refractivity contribution is -0.131. The summed E-state index contributed by atoms with van der Waals surface area (Å²) in [4.78, 5) is 27.2. The molecule has 1 aromatic heterocycles. The second kappa shape index (κ2) is 6.52. The minimum Gasteiger partial charge on any atom is -0.376 e. The van der Waals surface area contributed by atoms with Crippen LogP contribution in [0.1, 0.15) is 24.8 Å².